The Morgan fingerprint density at radius 1 is 1.38 bits per heavy atom. The van der Waals surface area contributed by atoms with Crippen molar-refractivity contribution in [3.05, 3.63) is 40.2 Å². The Hall–Kier alpha value is -0.710. The monoisotopic (exact) mass is 297 g/mol. The molecular weight excluding hydrogens is 286 g/mol. The molecule has 0 aliphatic heterocycles. The van der Waals surface area contributed by atoms with E-state index in [2.05, 4.69) is 38.4 Å². The predicted molar refractivity (Wildman–Crippen MR) is 70.9 cm³/mol. The molecule has 0 amide bonds. The number of rotatable bonds is 4. The van der Waals surface area contributed by atoms with Gasteiger partial charge in [-0.2, -0.15) is 0 Å². The Morgan fingerprint density at radius 2 is 2.19 bits per heavy atom. The second-order valence-corrected chi connectivity index (χ2v) is 4.85. The molecule has 1 aromatic heterocycles. The van der Waals surface area contributed by atoms with E-state index in [-0.39, 0.29) is 0 Å². The third-order valence-electron chi connectivity index (χ3n) is 2.26. The largest absolute Gasteiger partial charge is 0.378 e. The second-order valence-electron chi connectivity index (χ2n) is 3.35. The van der Waals surface area contributed by atoms with E-state index in [1.807, 2.05) is 12.1 Å². The predicted octanol–water partition coefficient (Wildman–Crippen LogP) is 3.85. The maximum Gasteiger partial charge on any atom is 0.119 e. The van der Waals surface area contributed by atoms with Crippen LogP contribution in [0.3, 0.4) is 0 Å². The van der Waals surface area contributed by atoms with Crippen LogP contribution in [0.5, 0.6) is 0 Å². The molecular formula is C12H12BrNOS. The summed E-state index contributed by atoms with van der Waals surface area (Å²) in [5, 5.41) is 3.94. The minimum atomic E-state index is 0.584. The van der Waals surface area contributed by atoms with E-state index in [0.717, 1.165) is 16.0 Å². The summed E-state index contributed by atoms with van der Waals surface area (Å²) in [6.07, 6.45) is 0. The first-order valence-electron chi connectivity index (χ1n) is 4.92. The van der Waals surface area contributed by atoms with Crippen molar-refractivity contribution in [1.82, 2.24) is 4.98 Å². The molecule has 16 heavy (non-hydrogen) atoms. The van der Waals surface area contributed by atoms with Crippen molar-refractivity contribution in [2.24, 2.45) is 0 Å². The molecule has 0 aliphatic carbocycles. The number of alkyl halides is 1. The zero-order valence-electron chi connectivity index (χ0n) is 8.94. The highest BCUT2D eigenvalue weighted by molar-refractivity contribution is 9.08. The number of hydrogen-bond acceptors (Lipinski definition) is 3. The zero-order valence-corrected chi connectivity index (χ0v) is 11.3. The highest BCUT2D eigenvalue weighted by Gasteiger charge is 2.07. The standard InChI is InChI=1S/C12H12BrNOS/c1-15-7-12-14-11(8-16-12)10-5-3-2-4-9(10)6-13/h2-5,8H,6-7H2,1H3. The zero-order chi connectivity index (χ0) is 11.4. The van der Waals surface area contributed by atoms with Gasteiger partial charge in [0.05, 0.1) is 12.3 Å². The van der Waals surface area contributed by atoms with E-state index in [1.165, 1.54) is 11.1 Å². The van der Waals surface area contributed by atoms with Crippen LogP contribution in [0.2, 0.25) is 0 Å². The summed E-state index contributed by atoms with van der Waals surface area (Å²) in [7, 11) is 1.69. The third kappa shape index (κ3) is 2.51. The maximum atomic E-state index is 5.07. The van der Waals surface area contributed by atoms with E-state index < -0.39 is 0 Å². The Labute approximate surface area is 107 Å². The van der Waals surface area contributed by atoms with Gasteiger partial charge in [-0.1, -0.05) is 40.2 Å². The number of thiazole rings is 1. The van der Waals surface area contributed by atoms with Gasteiger partial charge < -0.3 is 4.74 Å². The lowest BCUT2D eigenvalue weighted by atomic mass is 10.1. The van der Waals surface area contributed by atoms with Gasteiger partial charge >= 0.3 is 0 Å². The van der Waals surface area contributed by atoms with Gasteiger partial charge in [-0.3, -0.25) is 0 Å². The van der Waals surface area contributed by atoms with Gasteiger partial charge in [0.1, 0.15) is 5.01 Å². The lowest BCUT2D eigenvalue weighted by Crippen LogP contribution is -1.88. The summed E-state index contributed by atoms with van der Waals surface area (Å²) in [6, 6.07) is 8.29. The van der Waals surface area contributed by atoms with Gasteiger partial charge in [0.25, 0.3) is 0 Å². The molecule has 0 aliphatic rings. The summed E-state index contributed by atoms with van der Waals surface area (Å²) < 4.78 is 5.07. The molecule has 1 heterocycles. The normalized spacial score (nSPS) is 10.6. The first-order chi connectivity index (χ1) is 7.85. The maximum absolute atomic E-state index is 5.07. The van der Waals surface area contributed by atoms with Crippen molar-refractivity contribution in [3.8, 4) is 11.3 Å². The third-order valence-corrected chi connectivity index (χ3v) is 3.68. The van der Waals surface area contributed by atoms with Gasteiger partial charge in [0.2, 0.25) is 0 Å². The lowest BCUT2D eigenvalue weighted by molar-refractivity contribution is 0.184. The number of aromatic nitrogens is 1. The number of hydrogen-bond donors (Lipinski definition) is 0. The first kappa shape index (κ1) is 11.8. The van der Waals surface area contributed by atoms with Crippen LogP contribution in [0.25, 0.3) is 11.3 Å². The smallest absolute Gasteiger partial charge is 0.119 e. The van der Waals surface area contributed by atoms with Gasteiger partial charge in [-0.15, -0.1) is 11.3 Å². The van der Waals surface area contributed by atoms with Crippen LogP contribution >= 0.6 is 27.3 Å². The van der Waals surface area contributed by atoms with E-state index in [4.69, 9.17) is 4.74 Å². The lowest BCUT2D eigenvalue weighted by Gasteiger charge is -2.03. The topological polar surface area (TPSA) is 22.1 Å². The molecule has 0 unspecified atom stereocenters. The molecule has 2 aromatic rings. The fourth-order valence-corrected chi connectivity index (χ4v) is 2.76. The molecule has 84 valence electrons. The van der Waals surface area contributed by atoms with Crippen molar-refractivity contribution in [2.45, 2.75) is 11.9 Å². The molecule has 0 fully saturated rings. The molecule has 2 nitrogen and oxygen atoms in total. The second kappa shape index (κ2) is 5.57. The number of benzene rings is 1. The van der Waals surface area contributed by atoms with Crippen molar-refractivity contribution in [3.63, 3.8) is 0 Å². The van der Waals surface area contributed by atoms with E-state index in [0.29, 0.717) is 6.61 Å². The van der Waals surface area contributed by atoms with Crippen molar-refractivity contribution in [1.29, 1.82) is 0 Å². The Bertz CT molecular complexity index is 470. The Kier molecular flexibility index (Phi) is 4.09. The number of nitrogens with zero attached hydrogens (tertiary/aromatic N) is 1. The highest BCUT2D eigenvalue weighted by atomic mass is 79.9. The number of methoxy groups -OCH3 is 1. The number of halogens is 1. The summed E-state index contributed by atoms with van der Waals surface area (Å²) in [4.78, 5) is 4.55. The van der Waals surface area contributed by atoms with E-state index in [1.54, 1.807) is 18.4 Å². The van der Waals surface area contributed by atoms with Crippen LogP contribution < -0.4 is 0 Å². The van der Waals surface area contributed by atoms with Crippen molar-refractivity contribution < 1.29 is 4.74 Å². The molecule has 4 heteroatoms. The molecule has 1 aromatic carbocycles. The van der Waals surface area contributed by atoms with Gasteiger partial charge in [0, 0.05) is 23.4 Å². The average Bonchev–Trinajstić information content (AvgIpc) is 2.78. The van der Waals surface area contributed by atoms with E-state index in [9.17, 15) is 0 Å². The van der Waals surface area contributed by atoms with Crippen LogP contribution in [0, 0.1) is 0 Å². The number of ether oxygens (including phenoxy) is 1. The summed E-state index contributed by atoms with van der Waals surface area (Å²) in [5.41, 5.74) is 3.49. The molecule has 0 bridgehead atoms. The van der Waals surface area contributed by atoms with E-state index >= 15 is 0 Å². The minimum absolute atomic E-state index is 0.584. The van der Waals surface area contributed by atoms with Crippen LogP contribution in [0.15, 0.2) is 29.6 Å². The minimum Gasteiger partial charge on any atom is -0.378 e. The summed E-state index contributed by atoms with van der Waals surface area (Å²) >= 11 is 5.13. The Morgan fingerprint density at radius 3 is 2.94 bits per heavy atom. The van der Waals surface area contributed by atoms with Crippen LogP contribution in [0.4, 0.5) is 0 Å². The summed E-state index contributed by atoms with van der Waals surface area (Å²) in [5.74, 6) is 0. The van der Waals surface area contributed by atoms with Gasteiger partial charge in [0.15, 0.2) is 0 Å². The molecule has 0 spiro atoms. The summed E-state index contributed by atoms with van der Waals surface area (Å²) in [6.45, 7) is 0.584. The van der Waals surface area contributed by atoms with Gasteiger partial charge in [-0.05, 0) is 5.56 Å². The van der Waals surface area contributed by atoms with Crippen molar-refractivity contribution in [2.75, 3.05) is 7.11 Å². The van der Waals surface area contributed by atoms with Crippen LogP contribution in [0.1, 0.15) is 10.6 Å². The SMILES string of the molecule is COCc1nc(-c2ccccc2CBr)cs1. The molecule has 0 N–H and O–H groups in total. The quantitative estimate of drug-likeness (QED) is 0.800. The van der Waals surface area contributed by atoms with Crippen LogP contribution in [-0.2, 0) is 16.7 Å². The van der Waals surface area contributed by atoms with Crippen LogP contribution in [-0.4, -0.2) is 12.1 Å². The van der Waals surface area contributed by atoms with Crippen molar-refractivity contribution >= 4 is 27.3 Å². The molecule has 0 atom stereocenters. The Balaban J connectivity index is 2.34. The molecule has 0 saturated carbocycles. The fraction of sp³-hybridized carbons (Fsp3) is 0.250. The molecule has 0 radical (unpaired) electrons. The first-order valence-corrected chi connectivity index (χ1v) is 6.93. The molecule has 2 rings (SSSR count). The fourth-order valence-electron chi connectivity index (χ4n) is 1.51. The highest BCUT2D eigenvalue weighted by Crippen LogP contribution is 2.26. The molecule has 0 saturated heterocycles. The average molecular weight is 298 g/mol. The van der Waals surface area contributed by atoms with Gasteiger partial charge in [-0.25, -0.2) is 4.98 Å².